The maximum atomic E-state index is 12.9. The van der Waals surface area contributed by atoms with Crippen LogP contribution in [0.1, 0.15) is 44.1 Å². The van der Waals surface area contributed by atoms with E-state index in [0.29, 0.717) is 26.1 Å². The van der Waals surface area contributed by atoms with Crippen molar-refractivity contribution in [2.24, 2.45) is 0 Å². The molecule has 5 nitrogen and oxygen atoms in total. The molecule has 0 spiro atoms. The summed E-state index contributed by atoms with van der Waals surface area (Å²) in [6.45, 7) is 2.92. The minimum atomic E-state index is 0.0342. The van der Waals surface area contributed by atoms with Crippen molar-refractivity contribution in [3.63, 3.8) is 0 Å². The zero-order chi connectivity index (χ0) is 16.8. The highest BCUT2D eigenvalue weighted by atomic mass is 32.1. The molecule has 2 aliphatic heterocycles. The van der Waals surface area contributed by atoms with Gasteiger partial charge in [0.1, 0.15) is 0 Å². The van der Waals surface area contributed by atoms with E-state index in [1.54, 1.807) is 16.2 Å². The summed E-state index contributed by atoms with van der Waals surface area (Å²) in [5.41, 5.74) is 1.15. The van der Waals surface area contributed by atoms with Gasteiger partial charge in [-0.25, -0.2) is 0 Å². The van der Waals surface area contributed by atoms with E-state index >= 15 is 0 Å². The average molecular weight is 350 g/mol. The minimum Gasteiger partial charge on any atom is -0.376 e. The van der Waals surface area contributed by atoms with Crippen LogP contribution in [0.3, 0.4) is 0 Å². The van der Waals surface area contributed by atoms with Crippen LogP contribution in [-0.2, 0) is 20.9 Å². The first-order valence-electron chi connectivity index (χ1n) is 8.90. The number of nitrogens with zero attached hydrogens (tertiary/aromatic N) is 2. The quantitative estimate of drug-likeness (QED) is 0.792. The number of carbonyl (C=O) groups is 2. The second-order valence-electron chi connectivity index (χ2n) is 6.67. The molecule has 1 aromatic heterocycles. The second-order valence-corrected chi connectivity index (χ2v) is 7.45. The lowest BCUT2D eigenvalue weighted by atomic mass is 10.2. The summed E-state index contributed by atoms with van der Waals surface area (Å²) in [4.78, 5) is 28.6. The summed E-state index contributed by atoms with van der Waals surface area (Å²) in [6, 6.07) is 2.05. The Morgan fingerprint density at radius 1 is 1.33 bits per heavy atom. The van der Waals surface area contributed by atoms with E-state index in [1.165, 1.54) is 0 Å². The third kappa shape index (κ3) is 4.80. The number of rotatable bonds is 6. The van der Waals surface area contributed by atoms with Gasteiger partial charge in [-0.1, -0.05) is 6.42 Å². The lowest BCUT2D eigenvalue weighted by Crippen LogP contribution is -2.44. The zero-order valence-corrected chi connectivity index (χ0v) is 14.9. The third-order valence-corrected chi connectivity index (χ3v) is 5.48. The van der Waals surface area contributed by atoms with Crippen LogP contribution < -0.4 is 0 Å². The standard InChI is InChI=1S/C18H26N2O3S/c21-17-6-2-1-3-8-19(17)13-18(22)20(11-15-7-10-24-14-15)12-16-5-4-9-23-16/h7,10,14,16H,1-6,8-9,11-13H2. The molecule has 6 heteroatoms. The van der Waals surface area contributed by atoms with Gasteiger partial charge in [0.2, 0.25) is 11.8 Å². The molecule has 0 radical (unpaired) electrons. The van der Waals surface area contributed by atoms with Gasteiger partial charge in [0.05, 0.1) is 12.6 Å². The van der Waals surface area contributed by atoms with Gasteiger partial charge in [-0.3, -0.25) is 9.59 Å². The van der Waals surface area contributed by atoms with Crippen LogP contribution in [0.2, 0.25) is 0 Å². The largest absolute Gasteiger partial charge is 0.376 e. The molecular weight excluding hydrogens is 324 g/mol. The molecule has 3 heterocycles. The SMILES string of the molecule is O=C1CCCCCN1CC(=O)N(Cc1ccsc1)CC1CCCO1. The summed E-state index contributed by atoms with van der Waals surface area (Å²) in [7, 11) is 0. The minimum absolute atomic E-state index is 0.0342. The molecule has 2 saturated heterocycles. The Kier molecular flexibility index (Phi) is 6.26. The van der Waals surface area contributed by atoms with Crippen LogP contribution in [0, 0.1) is 0 Å². The molecular formula is C18H26N2O3S. The Bertz CT molecular complexity index is 540. The molecule has 0 N–H and O–H groups in total. The molecule has 2 aliphatic rings. The smallest absolute Gasteiger partial charge is 0.242 e. The molecule has 3 rings (SSSR count). The van der Waals surface area contributed by atoms with Crippen LogP contribution in [0.15, 0.2) is 16.8 Å². The first-order chi connectivity index (χ1) is 11.7. The molecule has 24 heavy (non-hydrogen) atoms. The molecule has 1 atom stereocenters. The summed E-state index contributed by atoms with van der Waals surface area (Å²) in [5.74, 6) is 0.153. The predicted octanol–water partition coefficient (Wildman–Crippen LogP) is 2.66. The van der Waals surface area contributed by atoms with E-state index in [4.69, 9.17) is 4.74 Å². The Hall–Kier alpha value is -1.40. The Balaban J connectivity index is 1.63. The number of likely N-dealkylation sites (tertiary alicyclic amines) is 1. The van der Waals surface area contributed by atoms with Crippen LogP contribution >= 0.6 is 11.3 Å². The molecule has 0 bridgehead atoms. The van der Waals surface area contributed by atoms with Crippen LogP contribution in [0.5, 0.6) is 0 Å². The molecule has 2 amide bonds. The van der Waals surface area contributed by atoms with E-state index in [2.05, 4.69) is 11.4 Å². The third-order valence-electron chi connectivity index (χ3n) is 4.75. The maximum absolute atomic E-state index is 12.9. The van der Waals surface area contributed by atoms with Crippen molar-refractivity contribution in [3.8, 4) is 0 Å². The predicted molar refractivity (Wildman–Crippen MR) is 93.8 cm³/mol. The number of amides is 2. The first-order valence-corrected chi connectivity index (χ1v) is 9.85. The van der Waals surface area contributed by atoms with Crippen molar-refractivity contribution in [2.75, 3.05) is 26.2 Å². The van der Waals surface area contributed by atoms with E-state index in [9.17, 15) is 9.59 Å². The molecule has 1 aromatic rings. The number of hydrogen-bond donors (Lipinski definition) is 0. The maximum Gasteiger partial charge on any atom is 0.242 e. The van der Waals surface area contributed by atoms with Crippen LogP contribution in [0.4, 0.5) is 0 Å². The Morgan fingerprint density at radius 2 is 2.25 bits per heavy atom. The fraction of sp³-hybridized carbons (Fsp3) is 0.667. The summed E-state index contributed by atoms with van der Waals surface area (Å²) in [5, 5.41) is 4.11. The van der Waals surface area contributed by atoms with Gasteiger partial charge < -0.3 is 14.5 Å². The van der Waals surface area contributed by atoms with Gasteiger partial charge in [0, 0.05) is 32.7 Å². The molecule has 0 saturated carbocycles. The monoisotopic (exact) mass is 350 g/mol. The van der Waals surface area contributed by atoms with Crippen molar-refractivity contribution < 1.29 is 14.3 Å². The van der Waals surface area contributed by atoms with Gasteiger partial charge in [0.25, 0.3) is 0 Å². The van der Waals surface area contributed by atoms with E-state index in [1.807, 2.05) is 10.3 Å². The van der Waals surface area contributed by atoms with Crippen LogP contribution in [-0.4, -0.2) is 54.0 Å². The molecule has 132 valence electrons. The summed E-state index contributed by atoms with van der Waals surface area (Å²) < 4.78 is 5.71. The zero-order valence-electron chi connectivity index (χ0n) is 14.1. The van der Waals surface area contributed by atoms with Crippen molar-refractivity contribution >= 4 is 23.2 Å². The number of hydrogen-bond acceptors (Lipinski definition) is 4. The normalized spacial score (nSPS) is 21.8. The number of thiophene rings is 1. The van der Waals surface area contributed by atoms with Crippen LogP contribution in [0.25, 0.3) is 0 Å². The Labute approximate surface area is 147 Å². The van der Waals surface area contributed by atoms with Crippen molar-refractivity contribution in [1.82, 2.24) is 9.80 Å². The highest BCUT2D eigenvalue weighted by molar-refractivity contribution is 7.07. The fourth-order valence-corrected chi connectivity index (χ4v) is 4.02. The topological polar surface area (TPSA) is 49.9 Å². The van der Waals surface area contributed by atoms with Gasteiger partial charge in [-0.15, -0.1) is 0 Å². The summed E-state index contributed by atoms with van der Waals surface area (Å²) in [6.07, 6.45) is 5.79. The molecule has 0 aromatic carbocycles. The van der Waals surface area contributed by atoms with Crippen molar-refractivity contribution in [2.45, 2.75) is 51.2 Å². The fourth-order valence-electron chi connectivity index (χ4n) is 3.36. The summed E-state index contributed by atoms with van der Waals surface area (Å²) >= 11 is 1.64. The number of carbonyl (C=O) groups excluding carboxylic acids is 2. The van der Waals surface area contributed by atoms with Gasteiger partial charge in [-0.05, 0) is 48.1 Å². The molecule has 2 fully saturated rings. The lowest BCUT2D eigenvalue weighted by Gasteiger charge is -2.28. The van der Waals surface area contributed by atoms with Crippen molar-refractivity contribution in [1.29, 1.82) is 0 Å². The van der Waals surface area contributed by atoms with E-state index < -0.39 is 0 Å². The van der Waals surface area contributed by atoms with Gasteiger partial charge in [-0.2, -0.15) is 11.3 Å². The van der Waals surface area contributed by atoms with E-state index in [0.717, 1.165) is 44.3 Å². The highest BCUT2D eigenvalue weighted by Crippen LogP contribution is 2.17. The highest BCUT2D eigenvalue weighted by Gasteiger charge is 2.26. The van der Waals surface area contributed by atoms with Gasteiger partial charge >= 0.3 is 0 Å². The van der Waals surface area contributed by atoms with E-state index in [-0.39, 0.29) is 24.5 Å². The Morgan fingerprint density at radius 3 is 3.00 bits per heavy atom. The lowest BCUT2D eigenvalue weighted by molar-refractivity contribution is -0.141. The molecule has 0 aliphatic carbocycles. The van der Waals surface area contributed by atoms with Crippen molar-refractivity contribution in [3.05, 3.63) is 22.4 Å². The van der Waals surface area contributed by atoms with Gasteiger partial charge in [0.15, 0.2) is 0 Å². The first kappa shape index (κ1) is 17.4. The second kappa shape index (κ2) is 8.62. The number of ether oxygens (including phenoxy) is 1. The average Bonchev–Trinajstić information content (AvgIpc) is 3.23. The molecule has 1 unspecified atom stereocenters.